The van der Waals surface area contributed by atoms with E-state index in [9.17, 15) is 4.79 Å². The van der Waals surface area contributed by atoms with Crippen LogP contribution in [0.5, 0.6) is 0 Å². The van der Waals surface area contributed by atoms with Gasteiger partial charge in [-0.1, -0.05) is 0 Å². The van der Waals surface area contributed by atoms with Crippen molar-refractivity contribution in [2.45, 2.75) is 77.1 Å². The van der Waals surface area contributed by atoms with Crippen molar-refractivity contribution in [1.82, 2.24) is 10.2 Å². The highest BCUT2D eigenvalue weighted by atomic mass is 16.6. The summed E-state index contributed by atoms with van der Waals surface area (Å²) >= 11 is 0. The second-order valence-electron chi connectivity index (χ2n) is 6.68. The molecule has 0 aromatic rings. The maximum absolute atomic E-state index is 12.0. The Labute approximate surface area is 110 Å². The van der Waals surface area contributed by atoms with E-state index >= 15 is 0 Å². The van der Waals surface area contributed by atoms with Gasteiger partial charge in [0.15, 0.2) is 0 Å². The predicted octanol–water partition coefficient (Wildman–Crippen LogP) is 2.53. The van der Waals surface area contributed by atoms with Gasteiger partial charge in [-0.25, -0.2) is 4.79 Å². The molecule has 0 spiro atoms. The number of carbonyl (C=O) groups excluding carboxylic acids is 1. The summed E-state index contributed by atoms with van der Waals surface area (Å²) in [6.45, 7) is 8.66. The van der Waals surface area contributed by atoms with Gasteiger partial charge in [0, 0.05) is 24.7 Å². The van der Waals surface area contributed by atoms with Crippen LogP contribution >= 0.6 is 0 Å². The fourth-order valence-corrected chi connectivity index (χ4v) is 2.50. The molecule has 4 heteroatoms. The molecule has 1 aliphatic carbocycles. The first-order valence-corrected chi connectivity index (χ1v) is 7.11. The quantitative estimate of drug-likeness (QED) is 0.823. The SMILES string of the molecule is C[C@H]1C[C@H](NC2CC2)CCN1C(=O)OC(C)(C)C. The van der Waals surface area contributed by atoms with E-state index in [2.05, 4.69) is 12.2 Å². The molecule has 2 aliphatic rings. The smallest absolute Gasteiger partial charge is 0.410 e. The van der Waals surface area contributed by atoms with Crippen molar-refractivity contribution in [3.63, 3.8) is 0 Å². The molecule has 0 aromatic carbocycles. The number of piperidine rings is 1. The zero-order valence-corrected chi connectivity index (χ0v) is 12.0. The molecule has 0 radical (unpaired) electrons. The molecule has 18 heavy (non-hydrogen) atoms. The molecule has 1 saturated carbocycles. The molecule has 2 fully saturated rings. The average Bonchev–Trinajstić information content (AvgIpc) is 2.98. The summed E-state index contributed by atoms with van der Waals surface area (Å²) in [5, 5.41) is 3.65. The highest BCUT2D eigenvalue weighted by Gasteiger charge is 2.33. The monoisotopic (exact) mass is 254 g/mol. The van der Waals surface area contributed by atoms with E-state index in [0.29, 0.717) is 6.04 Å². The second-order valence-corrected chi connectivity index (χ2v) is 6.68. The minimum atomic E-state index is -0.403. The molecular formula is C14H26N2O2. The summed E-state index contributed by atoms with van der Waals surface area (Å²) < 4.78 is 5.44. The van der Waals surface area contributed by atoms with Crippen LogP contribution in [0.25, 0.3) is 0 Å². The van der Waals surface area contributed by atoms with Crippen molar-refractivity contribution in [3.05, 3.63) is 0 Å². The van der Waals surface area contributed by atoms with E-state index in [4.69, 9.17) is 4.74 Å². The Balaban J connectivity index is 1.82. The molecular weight excluding hydrogens is 228 g/mol. The molecule has 0 aromatic heterocycles. The summed E-state index contributed by atoms with van der Waals surface area (Å²) in [7, 11) is 0. The lowest BCUT2D eigenvalue weighted by Crippen LogP contribution is -2.51. The van der Waals surface area contributed by atoms with Gasteiger partial charge in [0.1, 0.15) is 5.60 Å². The average molecular weight is 254 g/mol. The zero-order valence-electron chi connectivity index (χ0n) is 12.0. The van der Waals surface area contributed by atoms with E-state index in [1.807, 2.05) is 25.7 Å². The first kappa shape index (κ1) is 13.7. The molecule has 1 N–H and O–H groups in total. The lowest BCUT2D eigenvalue weighted by Gasteiger charge is -2.38. The van der Waals surface area contributed by atoms with E-state index < -0.39 is 5.60 Å². The van der Waals surface area contributed by atoms with Crippen LogP contribution in [-0.4, -0.2) is 41.3 Å². The normalized spacial score (nSPS) is 29.2. The van der Waals surface area contributed by atoms with Gasteiger partial charge >= 0.3 is 6.09 Å². The molecule has 1 heterocycles. The van der Waals surface area contributed by atoms with Gasteiger partial charge in [0.2, 0.25) is 0 Å². The van der Waals surface area contributed by atoms with Crippen molar-refractivity contribution in [3.8, 4) is 0 Å². The Morgan fingerprint density at radius 1 is 1.22 bits per heavy atom. The molecule has 2 rings (SSSR count). The molecule has 1 saturated heterocycles. The van der Waals surface area contributed by atoms with Gasteiger partial charge in [-0.3, -0.25) is 0 Å². The van der Waals surface area contributed by atoms with Gasteiger partial charge in [-0.15, -0.1) is 0 Å². The van der Waals surface area contributed by atoms with Crippen LogP contribution in [0.15, 0.2) is 0 Å². The Kier molecular flexibility index (Phi) is 3.85. The first-order chi connectivity index (χ1) is 8.35. The van der Waals surface area contributed by atoms with Gasteiger partial charge in [-0.05, 0) is 53.4 Å². The molecule has 1 amide bonds. The Hall–Kier alpha value is -0.770. The fraction of sp³-hybridized carbons (Fsp3) is 0.929. The van der Waals surface area contributed by atoms with Crippen LogP contribution in [0, 0.1) is 0 Å². The van der Waals surface area contributed by atoms with E-state index in [1.54, 1.807) is 0 Å². The summed E-state index contributed by atoms with van der Waals surface area (Å²) in [5.74, 6) is 0. The number of likely N-dealkylation sites (tertiary alicyclic amines) is 1. The lowest BCUT2D eigenvalue weighted by atomic mass is 9.98. The third-order valence-electron chi connectivity index (χ3n) is 3.55. The van der Waals surface area contributed by atoms with Crippen molar-refractivity contribution in [2.75, 3.05) is 6.54 Å². The first-order valence-electron chi connectivity index (χ1n) is 7.11. The van der Waals surface area contributed by atoms with Crippen molar-refractivity contribution in [1.29, 1.82) is 0 Å². The predicted molar refractivity (Wildman–Crippen MR) is 71.6 cm³/mol. The van der Waals surface area contributed by atoms with Crippen molar-refractivity contribution in [2.24, 2.45) is 0 Å². The number of hydrogen-bond acceptors (Lipinski definition) is 3. The molecule has 4 nitrogen and oxygen atoms in total. The Bertz CT molecular complexity index is 307. The fourth-order valence-electron chi connectivity index (χ4n) is 2.50. The van der Waals surface area contributed by atoms with E-state index in [1.165, 1.54) is 12.8 Å². The summed E-state index contributed by atoms with van der Waals surface area (Å²) in [6, 6.07) is 1.59. The number of carbonyl (C=O) groups is 1. The van der Waals surface area contributed by atoms with Crippen molar-refractivity contribution >= 4 is 6.09 Å². The largest absolute Gasteiger partial charge is 0.444 e. The van der Waals surface area contributed by atoms with Crippen LogP contribution in [0.2, 0.25) is 0 Å². The van der Waals surface area contributed by atoms with Gasteiger partial charge in [0.25, 0.3) is 0 Å². The third kappa shape index (κ3) is 3.87. The van der Waals surface area contributed by atoms with Gasteiger partial charge < -0.3 is 15.0 Å². The number of hydrogen-bond donors (Lipinski definition) is 1. The highest BCUT2D eigenvalue weighted by molar-refractivity contribution is 5.68. The molecule has 0 unspecified atom stereocenters. The van der Waals surface area contributed by atoms with Crippen LogP contribution in [0.1, 0.15) is 53.4 Å². The standard InChI is InChI=1S/C14H26N2O2/c1-10-9-12(15-11-5-6-11)7-8-16(10)13(17)18-14(2,3)4/h10-12,15H,5-9H2,1-4H3/t10-,12+/m0/s1. The van der Waals surface area contributed by atoms with Crippen LogP contribution in [-0.2, 0) is 4.74 Å². The zero-order chi connectivity index (χ0) is 13.3. The highest BCUT2D eigenvalue weighted by Crippen LogP contribution is 2.25. The lowest BCUT2D eigenvalue weighted by molar-refractivity contribution is 0.00934. The van der Waals surface area contributed by atoms with Crippen LogP contribution in [0.3, 0.4) is 0 Å². The third-order valence-corrected chi connectivity index (χ3v) is 3.55. The topological polar surface area (TPSA) is 41.6 Å². The minimum Gasteiger partial charge on any atom is -0.444 e. The molecule has 2 atom stereocenters. The van der Waals surface area contributed by atoms with Gasteiger partial charge in [0.05, 0.1) is 0 Å². The Morgan fingerprint density at radius 3 is 2.39 bits per heavy atom. The molecule has 104 valence electrons. The molecule has 1 aliphatic heterocycles. The Morgan fingerprint density at radius 2 is 1.89 bits per heavy atom. The number of amides is 1. The number of rotatable bonds is 2. The number of nitrogens with zero attached hydrogens (tertiary/aromatic N) is 1. The second kappa shape index (κ2) is 5.08. The maximum Gasteiger partial charge on any atom is 0.410 e. The summed E-state index contributed by atoms with van der Waals surface area (Å²) in [5.41, 5.74) is -0.403. The maximum atomic E-state index is 12.0. The van der Waals surface area contributed by atoms with Gasteiger partial charge in [-0.2, -0.15) is 0 Å². The van der Waals surface area contributed by atoms with Crippen LogP contribution < -0.4 is 5.32 Å². The summed E-state index contributed by atoms with van der Waals surface area (Å²) in [4.78, 5) is 13.9. The number of nitrogens with one attached hydrogen (secondary N) is 1. The van der Waals surface area contributed by atoms with E-state index in [0.717, 1.165) is 25.4 Å². The van der Waals surface area contributed by atoms with E-state index in [-0.39, 0.29) is 12.1 Å². The molecule has 0 bridgehead atoms. The minimum absolute atomic E-state index is 0.167. The number of ether oxygens (including phenoxy) is 1. The van der Waals surface area contributed by atoms with Crippen molar-refractivity contribution < 1.29 is 9.53 Å². The van der Waals surface area contributed by atoms with Crippen LogP contribution in [0.4, 0.5) is 4.79 Å². The summed E-state index contributed by atoms with van der Waals surface area (Å²) in [6.07, 6.45) is 4.55.